The number of nitrogens with one attached hydrogen (secondary N) is 2. The molecule has 8 nitrogen and oxygen atoms in total. The van der Waals surface area contributed by atoms with Crippen LogP contribution >= 0.6 is 0 Å². The van der Waals surface area contributed by atoms with Crippen molar-refractivity contribution in [3.8, 4) is 28.4 Å². The lowest BCUT2D eigenvalue weighted by atomic mass is 10.1. The third-order valence-electron chi connectivity index (χ3n) is 7.24. The molecule has 9 heteroatoms. The van der Waals surface area contributed by atoms with Crippen LogP contribution in [-0.4, -0.2) is 67.4 Å². The Morgan fingerprint density at radius 2 is 1.69 bits per heavy atom. The maximum atomic E-state index is 13.2. The first-order valence-electron chi connectivity index (χ1n) is 13.2. The average Bonchev–Trinajstić information content (AvgIpc) is 3.61. The Morgan fingerprint density at radius 1 is 1.00 bits per heavy atom. The summed E-state index contributed by atoms with van der Waals surface area (Å²) >= 11 is 0. The van der Waals surface area contributed by atoms with Crippen molar-refractivity contribution >= 4 is 10.2 Å². The number of hydrogen-bond donors (Lipinski definition) is 2. The number of likely N-dealkylation sites (N-methyl/N-ethyl adjacent to an activating group) is 1. The van der Waals surface area contributed by atoms with Crippen LogP contribution in [0.15, 0.2) is 84.9 Å². The summed E-state index contributed by atoms with van der Waals surface area (Å²) in [5, 5.41) is 0. The highest BCUT2D eigenvalue weighted by atomic mass is 32.2. The molecule has 204 valence electrons. The van der Waals surface area contributed by atoms with E-state index in [2.05, 4.69) is 26.7 Å². The topological polar surface area (TPSA) is 90.6 Å². The Bertz CT molecular complexity index is 1460. The van der Waals surface area contributed by atoms with Crippen molar-refractivity contribution in [3.63, 3.8) is 0 Å². The summed E-state index contributed by atoms with van der Waals surface area (Å²) < 4.78 is 35.9. The molecule has 1 aliphatic heterocycles. The van der Waals surface area contributed by atoms with Gasteiger partial charge in [-0.2, -0.15) is 12.7 Å². The summed E-state index contributed by atoms with van der Waals surface area (Å²) in [4.78, 5) is 10.6. The number of benzene rings is 3. The molecule has 5 rings (SSSR count). The van der Waals surface area contributed by atoms with Crippen LogP contribution in [0.1, 0.15) is 17.7 Å². The number of rotatable bonds is 11. The normalized spacial score (nSPS) is 16.1. The molecule has 39 heavy (non-hydrogen) atoms. The zero-order chi connectivity index (χ0) is 27.2. The number of aromatic amines is 1. The van der Waals surface area contributed by atoms with Crippen LogP contribution < -0.4 is 9.46 Å². The number of aromatic nitrogens is 2. The quantitative estimate of drug-likeness (QED) is 0.293. The second kappa shape index (κ2) is 12.1. The minimum atomic E-state index is -3.64. The van der Waals surface area contributed by atoms with Crippen LogP contribution in [0.2, 0.25) is 0 Å². The molecular weight excluding hydrogens is 510 g/mol. The Kier molecular flexibility index (Phi) is 8.42. The molecule has 1 aromatic heterocycles. The number of hydrogen-bond acceptors (Lipinski definition) is 5. The van der Waals surface area contributed by atoms with Crippen molar-refractivity contribution in [1.82, 2.24) is 23.9 Å². The summed E-state index contributed by atoms with van der Waals surface area (Å²) in [6.45, 7) is 2.67. The molecule has 1 saturated heterocycles. The fraction of sp³-hybridized carbons (Fsp3) is 0.300. The molecule has 2 N–H and O–H groups in total. The molecule has 1 aliphatic rings. The Hall–Kier alpha value is -3.50. The highest BCUT2D eigenvalue weighted by Crippen LogP contribution is 2.28. The number of likely N-dealkylation sites (tertiary alicyclic amines) is 1. The Labute approximate surface area is 230 Å². The maximum absolute atomic E-state index is 13.2. The van der Waals surface area contributed by atoms with Gasteiger partial charge in [-0.3, -0.25) is 4.90 Å². The van der Waals surface area contributed by atoms with Gasteiger partial charge in [0.25, 0.3) is 10.2 Å². The molecular formula is C30H35N5O3S. The minimum absolute atomic E-state index is 0.0591. The van der Waals surface area contributed by atoms with E-state index in [1.54, 1.807) is 14.2 Å². The van der Waals surface area contributed by atoms with E-state index in [4.69, 9.17) is 9.72 Å². The number of ether oxygens (including phenoxy) is 1. The van der Waals surface area contributed by atoms with Gasteiger partial charge in [0.2, 0.25) is 0 Å². The SMILES string of the molecule is COc1ccc(-c2[nH]c(-c3ccccc3)nc2CCNS(=O)(=O)N(C)C2CCN(Cc3ccccc3)C2)cc1. The van der Waals surface area contributed by atoms with Crippen molar-refractivity contribution in [2.45, 2.75) is 25.4 Å². The Balaban J connectivity index is 1.25. The van der Waals surface area contributed by atoms with Crippen molar-refractivity contribution in [2.24, 2.45) is 0 Å². The van der Waals surface area contributed by atoms with Gasteiger partial charge in [0.1, 0.15) is 11.6 Å². The second-order valence-corrected chi connectivity index (χ2v) is 11.6. The van der Waals surface area contributed by atoms with Crippen LogP contribution in [0.4, 0.5) is 0 Å². The van der Waals surface area contributed by atoms with Gasteiger partial charge in [-0.05, 0) is 36.2 Å². The minimum Gasteiger partial charge on any atom is -0.497 e. The van der Waals surface area contributed by atoms with Crippen LogP contribution in [0, 0.1) is 0 Å². The first-order chi connectivity index (χ1) is 18.9. The number of methoxy groups -OCH3 is 1. The molecule has 1 atom stereocenters. The van der Waals surface area contributed by atoms with Gasteiger partial charge in [0.15, 0.2) is 0 Å². The lowest BCUT2D eigenvalue weighted by Gasteiger charge is -2.24. The summed E-state index contributed by atoms with van der Waals surface area (Å²) in [5.41, 5.74) is 4.85. The molecule has 4 aromatic rings. The summed E-state index contributed by atoms with van der Waals surface area (Å²) in [7, 11) is -0.331. The molecule has 0 amide bonds. The van der Waals surface area contributed by atoms with Crippen LogP contribution in [0.5, 0.6) is 5.75 Å². The zero-order valence-electron chi connectivity index (χ0n) is 22.4. The van der Waals surface area contributed by atoms with Crippen molar-refractivity contribution in [3.05, 3.63) is 96.2 Å². The van der Waals surface area contributed by atoms with E-state index in [0.717, 1.165) is 53.6 Å². The van der Waals surface area contributed by atoms with Crippen molar-refractivity contribution < 1.29 is 13.2 Å². The van der Waals surface area contributed by atoms with Crippen LogP contribution in [0.3, 0.4) is 0 Å². The van der Waals surface area contributed by atoms with E-state index in [9.17, 15) is 8.42 Å². The largest absolute Gasteiger partial charge is 0.497 e. The summed E-state index contributed by atoms with van der Waals surface area (Å²) in [6, 6.07) is 27.9. The van der Waals surface area contributed by atoms with E-state index in [1.165, 1.54) is 9.87 Å². The third kappa shape index (κ3) is 6.57. The average molecular weight is 546 g/mol. The lowest BCUT2D eigenvalue weighted by molar-refractivity contribution is 0.297. The molecule has 0 saturated carbocycles. The second-order valence-electron chi connectivity index (χ2n) is 9.83. The van der Waals surface area contributed by atoms with Gasteiger partial charge in [-0.15, -0.1) is 0 Å². The van der Waals surface area contributed by atoms with Crippen LogP contribution in [-0.2, 0) is 23.2 Å². The van der Waals surface area contributed by atoms with Crippen molar-refractivity contribution in [1.29, 1.82) is 0 Å². The molecule has 2 heterocycles. The molecule has 1 fully saturated rings. The number of imidazole rings is 1. The molecule has 3 aromatic carbocycles. The van der Waals surface area contributed by atoms with Crippen LogP contribution in [0.25, 0.3) is 22.6 Å². The number of H-pyrrole nitrogens is 1. The lowest BCUT2D eigenvalue weighted by Crippen LogP contribution is -2.45. The van der Waals surface area contributed by atoms with Gasteiger partial charge >= 0.3 is 0 Å². The standard InChI is InChI=1S/C30H35N5O3S/c1-34(26-18-20-35(22-26)21-23-9-5-3-6-10-23)39(36,37)31-19-17-28-29(24-13-15-27(38-2)16-14-24)33-30(32-28)25-11-7-4-8-12-25/h3-16,26,31H,17-22H2,1-2H3,(H,32,33). The van der Waals surface area contributed by atoms with E-state index < -0.39 is 10.2 Å². The smallest absolute Gasteiger partial charge is 0.279 e. The zero-order valence-corrected chi connectivity index (χ0v) is 23.2. The highest BCUT2D eigenvalue weighted by Gasteiger charge is 2.32. The molecule has 0 spiro atoms. The molecule has 0 bridgehead atoms. The highest BCUT2D eigenvalue weighted by molar-refractivity contribution is 7.87. The first kappa shape index (κ1) is 27.1. The van der Waals surface area contributed by atoms with Gasteiger partial charge in [-0.25, -0.2) is 9.71 Å². The predicted molar refractivity (Wildman–Crippen MR) is 155 cm³/mol. The van der Waals surface area contributed by atoms with E-state index in [1.807, 2.05) is 72.8 Å². The predicted octanol–water partition coefficient (Wildman–Crippen LogP) is 4.34. The summed E-state index contributed by atoms with van der Waals surface area (Å²) in [6.07, 6.45) is 1.26. The van der Waals surface area contributed by atoms with Crippen molar-refractivity contribution in [2.75, 3.05) is 33.8 Å². The molecule has 0 aliphatic carbocycles. The first-order valence-corrected chi connectivity index (χ1v) is 14.6. The number of nitrogens with zero attached hydrogens (tertiary/aromatic N) is 3. The fourth-order valence-electron chi connectivity index (χ4n) is 5.01. The third-order valence-corrected chi connectivity index (χ3v) is 8.87. The molecule has 0 radical (unpaired) electrons. The van der Waals surface area contributed by atoms with E-state index in [-0.39, 0.29) is 12.6 Å². The van der Waals surface area contributed by atoms with Gasteiger partial charge in [0, 0.05) is 56.8 Å². The fourth-order valence-corrected chi connectivity index (χ4v) is 6.14. The molecule has 1 unspecified atom stereocenters. The summed E-state index contributed by atoms with van der Waals surface area (Å²) in [5.74, 6) is 1.52. The Morgan fingerprint density at radius 3 is 2.38 bits per heavy atom. The van der Waals surface area contributed by atoms with Gasteiger partial charge in [0.05, 0.1) is 18.5 Å². The monoisotopic (exact) mass is 545 g/mol. The maximum Gasteiger partial charge on any atom is 0.279 e. The van der Waals surface area contributed by atoms with E-state index >= 15 is 0 Å². The van der Waals surface area contributed by atoms with E-state index in [0.29, 0.717) is 13.0 Å². The van der Waals surface area contributed by atoms with Gasteiger partial charge in [-0.1, -0.05) is 60.7 Å². The van der Waals surface area contributed by atoms with Gasteiger partial charge < -0.3 is 9.72 Å².